The molecule has 0 aromatic heterocycles. The number of hydrogen-bond donors (Lipinski definition) is 1. The van der Waals surface area contributed by atoms with Crippen molar-refractivity contribution in [3.05, 3.63) is 46.5 Å². The Morgan fingerprint density at radius 1 is 1.59 bits per heavy atom. The van der Waals surface area contributed by atoms with E-state index in [0.717, 1.165) is 0 Å². The molecule has 0 saturated heterocycles. The molecule has 0 saturated carbocycles. The highest BCUT2D eigenvalue weighted by molar-refractivity contribution is 6.04. The monoisotopic (exact) mass is 233 g/mol. The topological polar surface area (TPSA) is 89.5 Å². The van der Waals surface area contributed by atoms with Gasteiger partial charge >= 0.3 is 0 Å². The maximum atomic E-state index is 11.8. The van der Waals surface area contributed by atoms with Crippen LogP contribution in [0.2, 0.25) is 0 Å². The Balaban J connectivity index is 2.50. The Labute approximate surface area is 97.5 Å². The Morgan fingerprint density at radius 3 is 2.88 bits per heavy atom. The van der Waals surface area contributed by atoms with Crippen LogP contribution < -0.4 is 10.6 Å². The lowest BCUT2D eigenvalue weighted by molar-refractivity contribution is -0.384. The van der Waals surface area contributed by atoms with Crippen molar-refractivity contribution in [2.75, 3.05) is 11.4 Å². The summed E-state index contributed by atoms with van der Waals surface area (Å²) in [6.45, 7) is 3.90. The van der Waals surface area contributed by atoms with Gasteiger partial charge in [0, 0.05) is 29.9 Å². The standard InChI is InChI=1S/C11H11N3O3/c1-2-5-13-9-4-3-7(14(16)17)6-8(9)10(12)11(13)15/h2-4,6,10H,1,5,12H2. The average molecular weight is 233 g/mol. The number of hydrogen-bond acceptors (Lipinski definition) is 4. The zero-order valence-electron chi connectivity index (χ0n) is 9.00. The van der Waals surface area contributed by atoms with Crippen LogP contribution in [0.5, 0.6) is 0 Å². The fourth-order valence-electron chi connectivity index (χ4n) is 1.89. The van der Waals surface area contributed by atoms with Crippen molar-refractivity contribution in [1.82, 2.24) is 0 Å². The van der Waals surface area contributed by atoms with E-state index in [1.165, 1.54) is 17.0 Å². The second kappa shape index (κ2) is 3.99. The highest BCUT2D eigenvalue weighted by Gasteiger charge is 2.35. The molecule has 1 atom stereocenters. The van der Waals surface area contributed by atoms with Crippen LogP contribution >= 0.6 is 0 Å². The number of nitrogens with two attached hydrogens (primary N) is 1. The molecule has 0 fully saturated rings. The molecule has 0 radical (unpaired) electrons. The summed E-state index contributed by atoms with van der Waals surface area (Å²) in [5, 5.41) is 10.6. The molecule has 1 aromatic carbocycles. The van der Waals surface area contributed by atoms with E-state index in [4.69, 9.17) is 5.73 Å². The minimum Gasteiger partial charge on any atom is -0.316 e. The number of nitro groups is 1. The Morgan fingerprint density at radius 2 is 2.29 bits per heavy atom. The number of carbonyl (C=O) groups is 1. The predicted octanol–water partition coefficient (Wildman–Crippen LogP) is 1.13. The van der Waals surface area contributed by atoms with Crippen molar-refractivity contribution in [3.8, 4) is 0 Å². The molecular weight excluding hydrogens is 222 g/mol. The minimum absolute atomic E-state index is 0.0625. The molecule has 0 spiro atoms. The van der Waals surface area contributed by atoms with E-state index in [9.17, 15) is 14.9 Å². The summed E-state index contributed by atoms with van der Waals surface area (Å²) >= 11 is 0. The van der Waals surface area contributed by atoms with Crippen LogP contribution in [0.4, 0.5) is 11.4 Å². The molecule has 88 valence electrons. The van der Waals surface area contributed by atoms with E-state index in [1.807, 2.05) is 0 Å². The van der Waals surface area contributed by atoms with Crippen molar-refractivity contribution < 1.29 is 9.72 Å². The lowest BCUT2D eigenvalue weighted by Gasteiger charge is -2.14. The second-order valence-corrected chi connectivity index (χ2v) is 3.72. The number of carbonyl (C=O) groups excluding carboxylic acids is 1. The number of benzene rings is 1. The largest absolute Gasteiger partial charge is 0.316 e. The SMILES string of the molecule is C=CCN1C(=O)C(N)c2cc([N+](=O)[O-])ccc21. The van der Waals surface area contributed by atoms with Gasteiger partial charge in [-0.2, -0.15) is 0 Å². The fraction of sp³-hybridized carbons (Fsp3) is 0.182. The summed E-state index contributed by atoms with van der Waals surface area (Å²) in [6, 6.07) is 3.42. The smallest absolute Gasteiger partial charge is 0.269 e. The molecule has 2 rings (SSSR count). The van der Waals surface area contributed by atoms with Crippen LogP contribution in [0, 0.1) is 10.1 Å². The van der Waals surface area contributed by atoms with Gasteiger partial charge in [0.05, 0.1) is 4.92 Å². The molecule has 17 heavy (non-hydrogen) atoms. The van der Waals surface area contributed by atoms with Crippen molar-refractivity contribution in [1.29, 1.82) is 0 Å². The van der Waals surface area contributed by atoms with Crippen molar-refractivity contribution >= 4 is 17.3 Å². The molecule has 2 N–H and O–H groups in total. The van der Waals surface area contributed by atoms with Gasteiger partial charge in [-0.05, 0) is 6.07 Å². The van der Waals surface area contributed by atoms with Gasteiger partial charge in [-0.1, -0.05) is 6.08 Å². The summed E-state index contributed by atoms with van der Waals surface area (Å²) in [7, 11) is 0. The summed E-state index contributed by atoms with van der Waals surface area (Å²) < 4.78 is 0. The summed E-state index contributed by atoms with van der Waals surface area (Å²) in [5.41, 5.74) is 6.78. The maximum Gasteiger partial charge on any atom is 0.269 e. The number of amides is 1. The van der Waals surface area contributed by atoms with Crippen LogP contribution in [-0.2, 0) is 4.79 Å². The normalized spacial score (nSPS) is 18.1. The highest BCUT2D eigenvalue weighted by atomic mass is 16.6. The molecule has 1 heterocycles. The lowest BCUT2D eigenvalue weighted by Crippen LogP contribution is -2.31. The zero-order valence-corrected chi connectivity index (χ0v) is 9.00. The quantitative estimate of drug-likeness (QED) is 0.481. The average Bonchev–Trinajstić information content (AvgIpc) is 2.54. The molecule has 0 aliphatic carbocycles. The number of non-ortho nitro benzene ring substituents is 1. The van der Waals surface area contributed by atoms with Gasteiger partial charge in [0.1, 0.15) is 6.04 Å². The zero-order chi connectivity index (χ0) is 12.6. The number of anilines is 1. The third-order valence-electron chi connectivity index (χ3n) is 2.69. The van der Waals surface area contributed by atoms with E-state index in [1.54, 1.807) is 12.1 Å². The number of nitro benzene ring substituents is 1. The van der Waals surface area contributed by atoms with Crippen LogP contribution in [0.3, 0.4) is 0 Å². The van der Waals surface area contributed by atoms with Crippen LogP contribution in [0.1, 0.15) is 11.6 Å². The first kappa shape index (κ1) is 11.3. The fourth-order valence-corrected chi connectivity index (χ4v) is 1.89. The predicted molar refractivity (Wildman–Crippen MR) is 62.6 cm³/mol. The Bertz CT molecular complexity index is 513. The van der Waals surface area contributed by atoms with Crippen LogP contribution in [-0.4, -0.2) is 17.4 Å². The summed E-state index contributed by atoms with van der Waals surface area (Å²) in [4.78, 5) is 23.4. The number of nitrogens with zero attached hydrogens (tertiary/aromatic N) is 2. The van der Waals surface area contributed by atoms with Gasteiger partial charge in [0.25, 0.3) is 5.69 Å². The molecule has 6 nitrogen and oxygen atoms in total. The van der Waals surface area contributed by atoms with Gasteiger partial charge in [0.15, 0.2) is 0 Å². The summed E-state index contributed by atoms with van der Waals surface area (Å²) in [5.74, 6) is -0.264. The molecule has 1 amide bonds. The van der Waals surface area contributed by atoms with E-state index < -0.39 is 11.0 Å². The van der Waals surface area contributed by atoms with E-state index in [2.05, 4.69) is 6.58 Å². The first-order chi connectivity index (χ1) is 8.06. The van der Waals surface area contributed by atoms with Crippen LogP contribution in [0.25, 0.3) is 0 Å². The highest BCUT2D eigenvalue weighted by Crippen LogP contribution is 2.36. The van der Waals surface area contributed by atoms with E-state index >= 15 is 0 Å². The van der Waals surface area contributed by atoms with Gasteiger partial charge < -0.3 is 10.6 Å². The first-order valence-corrected chi connectivity index (χ1v) is 5.02. The number of rotatable bonds is 3. The maximum absolute atomic E-state index is 11.8. The molecule has 1 aliphatic rings. The minimum atomic E-state index is -0.829. The van der Waals surface area contributed by atoms with Gasteiger partial charge in [-0.15, -0.1) is 6.58 Å². The van der Waals surface area contributed by atoms with Gasteiger partial charge in [-0.3, -0.25) is 14.9 Å². The van der Waals surface area contributed by atoms with Gasteiger partial charge in [0.2, 0.25) is 5.91 Å². The molecule has 0 bridgehead atoms. The number of fused-ring (bicyclic) bond motifs is 1. The van der Waals surface area contributed by atoms with E-state index in [-0.39, 0.29) is 11.6 Å². The van der Waals surface area contributed by atoms with Crippen molar-refractivity contribution in [2.45, 2.75) is 6.04 Å². The molecule has 1 aromatic rings. The third kappa shape index (κ3) is 1.68. The third-order valence-corrected chi connectivity index (χ3v) is 2.69. The Kier molecular flexibility index (Phi) is 2.64. The Hall–Kier alpha value is -2.21. The first-order valence-electron chi connectivity index (χ1n) is 5.02. The molecule has 1 aliphatic heterocycles. The molecule has 1 unspecified atom stereocenters. The van der Waals surface area contributed by atoms with E-state index in [0.29, 0.717) is 17.8 Å². The molecular formula is C11H11N3O3. The van der Waals surface area contributed by atoms with Crippen molar-refractivity contribution in [3.63, 3.8) is 0 Å². The van der Waals surface area contributed by atoms with Crippen molar-refractivity contribution in [2.24, 2.45) is 5.73 Å². The second-order valence-electron chi connectivity index (χ2n) is 3.72. The lowest BCUT2D eigenvalue weighted by atomic mass is 10.1. The van der Waals surface area contributed by atoms with Gasteiger partial charge in [-0.25, -0.2) is 0 Å². The van der Waals surface area contributed by atoms with Crippen LogP contribution in [0.15, 0.2) is 30.9 Å². The summed E-state index contributed by atoms with van der Waals surface area (Å²) in [6.07, 6.45) is 1.58. The molecule has 6 heteroatoms.